The van der Waals surface area contributed by atoms with Crippen LogP contribution in [0.25, 0.3) is 5.65 Å². The molecule has 0 radical (unpaired) electrons. The normalized spacial score (nSPS) is 10.5. The molecule has 0 aliphatic carbocycles. The first-order valence-corrected chi connectivity index (χ1v) is 7.16. The van der Waals surface area contributed by atoms with Crippen LogP contribution in [0, 0.1) is 6.92 Å². The summed E-state index contributed by atoms with van der Waals surface area (Å²) in [4.78, 5) is 28.0. The van der Waals surface area contributed by atoms with E-state index in [2.05, 4.69) is 15.6 Å². The molecule has 0 fully saturated rings. The average molecular weight is 308 g/mol. The molecule has 3 rings (SSSR count). The number of hydrogen-bond acceptors (Lipinski definition) is 3. The molecule has 2 amide bonds. The van der Waals surface area contributed by atoms with Crippen molar-refractivity contribution in [3.63, 3.8) is 0 Å². The highest BCUT2D eigenvalue weighted by Gasteiger charge is 2.11. The van der Waals surface area contributed by atoms with Gasteiger partial charge in [0.2, 0.25) is 5.91 Å². The van der Waals surface area contributed by atoms with Crippen molar-refractivity contribution in [3.8, 4) is 0 Å². The summed E-state index contributed by atoms with van der Waals surface area (Å²) in [7, 11) is 0. The molecule has 0 aliphatic heterocycles. The topological polar surface area (TPSA) is 75.5 Å². The number of aryl methyl sites for hydroxylation is 1. The molecular formula is C17H16N4O2. The van der Waals surface area contributed by atoms with E-state index in [0.717, 1.165) is 5.69 Å². The summed E-state index contributed by atoms with van der Waals surface area (Å²) >= 11 is 0. The summed E-state index contributed by atoms with van der Waals surface area (Å²) in [5.41, 5.74) is 3.24. The fourth-order valence-corrected chi connectivity index (χ4v) is 2.37. The lowest BCUT2D eigenvalue weighted by Crippen LogP contribution is -2.13. The van der Waals surface area contributed by atoms with E-state index in [-0.39, 0.29) is 11.8 Å². The number of pyridine rings is 1. The van der Waals surface area contributed by atoms with Gasteiger partial charge in [0, 0.05) is 30.6 Å². The Hall–Kier alpha value is -3.15. The molecule has 0 atom stereocenters. The van der Waals surface area contributed by atoms with Gasteiger partial charge in [0.05, 0.1) is 11.4 Å². The van der Waals surface area contributed by atoms with Gasteiger partial charge in [0.15, 0.2) is 5.65 Å². The molecule has 0 saturated carbocycles. The lowest BCUT2D eigenvalue weighted by atomic mass is 10.2. The Kier molecular flexibility index (Phi) is 3.80. The molecule has 0 spiro atoms. The maximum absolute atomic E-state index is 12.4. The lowest BCUT2D eigenvalue weighted by Gasteiger charge is -2.08. The summed E-state index contributed by atoms with van der Waals surface area (Å²) in [5, 5.41) is 5.52. The second kappa shape index (κ2) is 5.92. The van der Waals surface area contributed by atoms with E-state index >= 15 is 0 Å². The number of nitrogens with zero attached hydrogens (tertiary/aromatic N) is 2. The van der Waals surface area contributed by atoms with Crippen LogP contribution in [0.4, 0.5) is 11.4 Å². The van der Waals surface area contributed by atoms with Gasteiger partial charge >= 0.3 is 0 Å². The van der Waals surface area contributed by atoms with Crippen LogP contribution in [0.15, 0.2) is 48.8 Å². The summed E-state index contributed by atoms with van der Waals surface area (Å²) < 4.78 is 1.86. The number of nitrogens with one attached hydrogen (secondary N) is 2. The van der Waals surface area contributed by atoms with Gasteiger partial charge in [-0.05, 0) is 37.3 Å². The van der Waals surface area contributed by atoms with Gasteiger partial charge in [-0.1, -0.05) is 6.07 Å². The van der Waals surface area contributed by atoms with Crippen molar-refractivity contribution in [3.05, 3.63) is 60.0 Å². The molecule has 0 unspecified atom stereocenters. The highest BCUT2D eigenvalue weighted by atomic mass is 16.2. The van der Waals surface area contributed by atoms with E-state index in [4.69, 9.17) is 0 Å². The Morgan fingerprint density at radius 2 is 1.96 bits per heavy atom. The molecule has 1 aromatic carbocycles. The number of hydrogen-bond donors (Lipinski definition) is 2. The third-order valence-electron chi connectivity index (χ3n) is 3.30. The summed E-state index contributed by atoms with van der Waals surface area (Å²) in [6, 6.07) is 10.4. The molecule has 6 nitrogen and oxygen atoms in total. The van der Waals surface area contributed by atoms with Gasteiger partial charge < -0.3 is 15.0 Å². The van der Waals surface area contributed by atoms with Crippen molar-refractivity contribution in [2.24, 2.45) is 0 Å². The van der Waals surface area contributed by atoms with Gasteiger partial charge in [0.1, 0.15) is 0 Å². The number of fused-ring (bicyclic) bond motifs is 1. The molecule has 0 aliphatic rings. The number of carbonyl (C=O) groups excluding carboxylic acids is 2. The summed E-state index contributed by atoms with van der Waals surface area (Å²) in [5.74, 6) is -0.439. The molecule has 2 heterocycles. The van der Waals surface area contributed by atoms with Crippen molar-refractivity contribution >= 4 is 28.8 Å². The minimum atomic E-state index is -0.258. The van der Waals surface area contributed by atoms with E-state index in [1.807, 2.05) is 29.8 Å². The Labute approximate surface area is 133 Å². The molecule has 2 aromatic heterocycles. The van der Waals surface area contributed by atoms with Crippen molar-refractivity contribution < 1.29 is 9.59 Å². The van der Waals surface area contributed by atoms with E-state index in [1.54, 1.807) is 30.3 Å². The maximum Gasteiger partial charge on any atom is 0.255 e. The number of amides is 2. The zero-order chi connectivity index (χ0) is 16.4. The monoisotopic (exact) mass is 308 g/mol. The van der Waals surface area contributed by atoms with Gasteiger partial charge in [-0.3, -0.25) is 9.59 Å². The van der Waals surface area contributed by atoms with Gasteiger partial charge in [0.25, 0.3) is 5.91 Å². The van der Waals surface area contributed by atoms with Crippen LogP contribution >= 0.6 is 0 Å². The van der Waals surface area contributed by atoms with Gasteiger partial charge in [-0.15, -0.1) is 0 Å². The Morgan fingerprint density at radius 1 is 1.13 bits per heavy atom. The highest BCUT2D eigenvalue weighted by molar-refractivity contribution is 6.06. The van der Waals surface area contributed by atoms with Crippen LogP contribution in [-0.4, -0.2) is 21.2 Å². The van der Waals surface area contributed by atoms with E-state index < -0.39 is 0 Å². The quantitative estimate of drug-likeness (QED) is 0.781. The van der Waals surface area contributed by atoms with Crippen LogP contribution in [0.3, 0.4) is 0 Å². The molecule has 0 bridgehead atoms. The number of aromatic nitrogens is 2. The molecule has 6 heteroatoms. The lowest BCUT2D eigenvalue weighted by molar-refractivity contribution is -0.114. The van der Waals surface area contributed by atoms with Crippen LogP contribution in [0.5, 0.6) is 0 Å². The van der Waals surface area contributed by atoms with Crippen LogP contribution in [-0.2, 0) is 4.79 Å². The third-order valence-corrected chi connectivity index (χ3v) is 3.30. The molecule has 3 aromatic rings. The second-order valence-corrected chi connectivity index (χ2v) is 5.25. The SMILES string of the molecule is CC(=O)Nc1cccc(C(=O)Nc2cccn3cc(C)nc23)c1. The number of rotatable bonds is 3. The van der Waals surface area contributed by atoms with Crippen molar-refractivity contribution in [2.75, 3.05) is 10.6 Å². The first-order valence-electron chi connectivity index (χ1n) is 7.16. The Bertz CT molecular complexity index is 898. The van der Waals surface area contributed by atoms with Gasteiger partial charge in [-0.25, -0.2) is 4.98 Å². The summed E-state index contributed by atoms with van der Waals surface area (Å²) in [6.45, 7) is 3.32. The predicted molar refractivity (Wildman–Crippen MR) is 88.6 cm³/mol. The Balaban J connectivity index is 1.87. The third kappa shape index (κ3) is 3.21. The minimum absolute atomic E-state index is 0.180. The largest absolute Gasteiger partial charge is 0.326 e. The van der Waals surface area contributed by atoms with Crippen molar-refractivity contribution in [1.82, 2.24) is 9.38 Å². The Morgan fingerprint density at radius 3 is 2.74 bits per heavy atom. The molecule has 0 saturated heterocycles. The van der Waals surface area contributed by atoms with E-state index in [1.165, 1.54) is 6.92 Å². The van der Waals surface area contributed by atoms with Crippen LogP contribution in [0.2, 0.25) is 0 Å². The van der Waals surface area contributed by atoms with E-state index in [9.17, 15) is 9.59 Å². The maximum atomic E-state index is 12.4. The number of anilines is 2. The van der Waals surface area contributed by atoms with Gasteiger partial charge in [-0.2, -0.15) is 0 Å². The van der Waals surface area contributed by atoms with Crippen molar-refractivity contribution in [2.45, 2.75) is 13.8 Å². The summed E-state index contributed by atoms with van der Waals surface area (Å²) in [6.07, 6.45) is 3.77. The van der Waals surface area contributed by atoms with E-state index in [0.29, 0.717) is 22.6 Å². The highest BCUT2D eigenvalue weighted by Crippen LogP contribution is 2.18. The zero-order valence-corrected chi connectivity index (χ0v) is 12.8. The minimum Gasteiger partial charge on any atom is -0.326 e. The predicted octanol–water partition coefficient (Wildman–Crippen LogP) is 2.85. The first kappa shape index (κ1) is 14.8. The fraction of sp³-hybridized carbons (Fsp3) is 0.118. The smallest absolute Gasteiger partial charge is 0.255 e. The molecule has 2 N–H and O–H groups in total. The standard InChI is InChI=1S/C17H16N4O2/c1-11-10-21-8-4-7-15(16(21)18-11)20-17(23)13-5-3-6-14(9-13)19-12(2)22/h3-10H,1-2H3,(H,19,22)(H,20,23). The molecule has 116 valence electrons. The number of benzene rings is 1. The van der Waals surface area contributed by atoms with Crippen LogP contribution < -0.4 is 10.6 Å². The molecular weight excluding hydrogens is 292 g/mol. The number of carbonyl (C=O) groups is 2. The average Bonchev–Trinajstić information content (AvgIpc) is 2.88. The molecule has 23 heavy (non-hydrogen) atoms. The second-order valence-electron chi connectivity index (χ2n) is 5.25. The zero-order valence-electron chi connectivity index (χ0n) is 12.8. The first-order chi connectivity index (χ1) is 11.0. The fourth-order valence-electron chi connectivity index (χ4n) is 2.37. The van der Waals surface area contributed by atoms with Crippen molar-refractivity contribution in [1.29, 1.82) is 0 Å². The van der Waals surface area contributed by atoms with Crippen LogP contribution in [0.1, 0.15) is 23.0 Å². The number of imidazole rings is 1.